The van der Waals surface area contributed by atoms with E-state index in [1.54, 1.807) is 23.5 Å². The number of carbonyl (C=O) groups excluding carboxylic acids is 1. The van der Waals surface area contributed by atoms with Crippen LogP contribution in [0, 0.1) is 0 Å². The molecule has 2 N–H and O–H groups in total. The first-order valence-corrected chi connectivity index (χ1v) is 17.2. The molecule has 4 rings (SSSR count). The number of rotatable bonds is 9. The number of aromatic nitrogens is 2. The van der Waals surface area contributed by atoms with Crippen molar-refractivity contribution >= 4 is 26.0 Å². The number of anilines is 1. The second kappa shape index (κ2) is 12.5. The number of likely N-dealkylation sites (tertiary alicyclic amines) is 1. The van der Waals surface area contributed by atoms with Crippen LogP contribution in [-0.2, 0) is 15.6 Å². The molecule has 41 heavy (non-hydrogen) atoms. The smallest absolute Gasteiger partial charge is 0.407 e. The SMILES string of the molecule is C[C@H](C(=O)Nc1ccc(C[C@@H]2CC[C@H](C(O[Si](C)(C)C(C)(C)C)c3cccnc3)N2C(=O)O)cc1)c1ccccn1. The van der Waals surface area contributed by atoms with Crippen molar-refractivity contribution in [2.24, 2.45) is 0 Å². The number of nitrogens with zero attached hydrogens (tertiary/aromatic N) is 3. The molecule has 2 amide bonds. The van der Waals surface area contributed by atoms with Gasteiger partial charge in [-0.05, 0) is 85.8 Å². The molecule has 0 saturated carbocycles. The molecule has 1 fully saturated rings. The van der Waals surface area contributed by atoms with Crippen molar-refractivity contribution in [2.75, 3.05) is 5.32 Å². The zero-order chi connectivity index (χ0) is 29.8. The summed E-state index contributed by atoms with van der Waals surface area (Å²) in [4.78, 5) is 35.6. The minimum absolute atomic E-state index is 0.0217. The van der Waals surface area contributed by atoms with E-state index in [2.05, 4.69) is 49.1 Å². The fraction of sp³-hybridized carbons (Fsp3) is 0.438. The van der Waals surface area contributed by atoms with E-state index in [1.165, 1.54) is 0 Å². The van der Waals surface area contributed by atoms with Crippen LogP contribution in [0.2, 0.25) is 18.1 Å². The highest BCUT2D eigenvalue weighted by atomic mass is 28.4. The number of hydrogen-bond donors (Lipinski definition) is 2. The van der Waals surface area contributed by atoms with E-state index < -0.39 is 14.4 Å². The molecule has 1 aromatic carbocycles. The Balaban J connectivity index is 1.49. The Morgan fingerprint density at radius 1 is 1.07 bits per heavy atom. The van der Waals surface area contributed by atoms with Gasteiger partial charge in [-0.15, -0.1) is 0 Å². The Morgan fingerprint density at radius 2 is 1.80 bits per heavy atom. The van der Waals surface area contributed by atoms with Gasteiger partial charge in [-0.25, -0.2) is 4.79 Å². The molecule has 218 valence electrons. The van der Waals surface area contributed by atoms with Gasteiger partial charge in [0.05, 0.1) is 23.8 Å². The first-order chi connectivity index (χ1) is 19.4. The second-order valence-electron chi connectivity index (χ2n) is 12.4. The van der Waals surface area contributed by atoms with E-state index in [9.17, 15) is 14.7 Å². The normalized spacial score (nSPS) is 19.0. The van der Waals surface area contributed by atoms with Crippen molar-refractivity contribution in [3.8, 4) is 0 Å². The highest BCUT2D eigenvalue weighted by Crippen LogP contribution is 2.44. The maximum absolute atomic E-state index is 12.7. The maximum Gasteiger partial charge on any atom is 0.407 e. The summed E-state index contributed by atoms with van der Waals surface area (Å²) in [5.74, 6) is -0.507. The van der Waals surface area contributed by atoms with Crippen molar-refractivity contribution in [1.82, 2.24) is 14.9 Å². The number of pyridine rings is 2. The first-order valence-electron chi connectivity index (χ1n) is 14.3. The molecule has 9 heteroatoms. The van der Waals surface area contributed by atoms with Gasteiger partial charge in [0.2, 0.25) is 5.91 Å². The Hall–Kier alpha value is -3.56. The summed E-state index contributed by atoms with van der Waals surface area (Å²) in [7, 11) is -2.21. The molecule has 0 radical (unpaired) electrons. The summed E-state index contributed by atoms with van der Waals surface area (Å²) in [6.45, 7) is 12.8. The Bertz CT molecular complexity index is 1310. The molecule has 1 saturated heterocycles. The summed E-state index contributed by atoms with van der Waals surface area (Å²) in [6, 6.07) is 16.6. The predicted octanol–water partition coefficient (Wildman–Crippen LogP) is 7.04. The number of benzene rings is 1. The highest BCUT2D eigenvalue weighted by Gasteiger charge is 2.46. The third kappa shape index (κ3) is 7.21. The molecule has 2 aromatic heterocycles. The average molecular weight is 575 g/mol. The molecule has 8 nitrogen and oxygen atoms in total. The van der Waals surface area contributed by atoms with E-state index in [-0.39, 0.29) is 35.1 Å². The molecule has 0 bridgehead atoms. The topological polar surface area (TPSA) is 105 Å². The lowest BCUT2D eigenvalue weighted by molar-refractivity contribution is -0.117. The van der Waals surface area contributed by atoms with Gasteiger partial charge in [-0.3, -0.25) is 19.7 Å². The van der Waals surface area contributed by atoms with E-state index in [0.717, 1.165) is 17.5 Å². The molecule has 1 aliphatic rings. The number of nitrogens with one attached hydrogen (secondary N) is 1. The zero-order valence-electron chi connectivity index (χ0n) is 24.9. The lowest BCUT2D eigenvalue weighted by atomic mass is 10.0. The molecular weight excluding hydrogens is 532 g/mol. The molecule has 0 spiro atoms. The Labute approximate surface area is 244 Å². The van der Waals surface area contributed by atoms with E-state index in [0.29, 0.717) is 24.2 Å². The fourth-order valence-electron chi connectivity index (χ4n) is 5.13. The monoisotopic (exact) mass is 574 g/mol. The molecule has 1 aliphatic heterocycles. The number of carboxylic acid groups (broad SMARTS) is 1. The van der Waals surface area contributed by atoms with Crippen LogP contribution in [0.3, 0.4) is 0 Å². The third-order valence-corrected chi connectivity index (χ3v) is 13.0. The fourth-order valence-corrected chi connectivity index (χ4v) is 6.41. The third-order valence-electron chi connectivity index (χ3n) is 8.57. The largest absolute Gasteiger partial charge is 0.465 e. The molecular formula is C32H42N4O4Si. The van der Waals surface area contributed by atoms with Gasteiger partial charge in [0.1, 0.15) is 0 Å². The molecule has 0 aliphatic carbocycles. The predicted molar refractivity (Wildman–Crippen MR) is 163 cm³/mol. The Morgan fingerprint density at radius 3 is 2.39 bits per heavy atom. The molecule has 1 unspecified atom stereocenters. The highest BCUT2D eigenvalue weighted by molar-refractivity contribution is 6.74. The minimum atomic E-state index is -2.21. The lowest BCUT2D eigenvalue weighted by Crippen LogP contribution is -2.49. The van der Waals surface area contributed by atoms with Gasteiger partial charge in [0.15, 0.2) is 8.32 Å². The van der Waals surface area contributed by atoms with Crippen LogP contribution in [-0.4, -0.2) is 52.4 Å². The molecule has 3 heterocycles. The van der Waals surface area contributed by atoms with Crippen molar-refractivity contribution < 1.29 is 19.1 Å². The van der Waals surface area contributed by atoms with Gasteiger partial charge in [0, 0.05) is 30.3 Å². The zero-order valence-corrected chi connectivity index (χ0v) is 25.9. The summed E-state index contributed by atoms with van der Waals surface area (Å²) in [5.41, 5.74) is 3.34. The van der Waals surface area contributed by atoms with Gasteiger partial charge >= 0.3 is 6.09 Å². The standard InChI is InChI=1S/C32H42N4O4Si/c1-22(27-11-7-8-19-34-27)30(37)35-25-14-12-23(13-15-25)20-26-16-17-28(36(26)31(38)39)29(24-10-9-18-33-21-24)40-41(5,6)32(2,3)4/h7-15,18-19,21-22,26,28-29H,16-17,20H2,1-6H3,(H,35,37)(H,38,39)/t22-,26-,28+,29?/m0/s1. The summed E-state index contributed by atoms with van der Waals surface area (Å²) < 4.78 is 6.90. The Kier molecular flexibility index (Phi) is 9.29. The number of hydrogen-bond acceptors (Lipinski definition) is 5. The quantitative estimate of drug-likeness (QED) is 0.266. The van der Waals surface area contributed by atoms with Crippen LogP contribution in [0.4, 0.5) is 10.5 Å². The number of amides is 2. The maximum atomic E-state index is 12.7. The average Bonchev–Trinajstić information content (AvgIpc) is 3.36. The van der Waals surface area contributed by atoms with Crippen molar-refractivity contribution in [3.63, 3.8) is 0 Å². The van der Waals surface area contributed by atoms with E-state index in [1.807, 2.05) is 61.5 Å². The van der Waals surface area contributed by atoms with Crippen molar-refractivity contribution in [1.29, 1.82) is 0 Å². The van der Waals surface area contributed by atoms with Crippen LogP contribution in [0.15, 0.2) is 73.2 Å². The van der Waals surface area contributed by atoms with Crippen molar-refractivity contribution in [3.05, 3.63) is 90.0 Å². The van der Waals surface area contributed by atoms with Gasteiger partial charge in [0.25, 0.3) is 0 Å². The minimum Gasteiger partial charge on any atom is -0.465 e. The van der Waals surface area contributed by atoms with Crippen LogP contribution < -0.4 is 5.32 Å². The summed E-state index contributed by atoms with van der Waals surface area (Å²) >= 11 is 0. The van der Waals surface area contributed by atoms with Gasteiger partial charge in [-0.2, -0.15) is 0 Å². The van der Waals surface area contributed by atoms with Crippen molar-refractivity contribution in [2.45, 2.75) is 89.2 Å². The van der Waals surface area contributed by atoms with E-state index in [4.69, 9.17) is 4.43 Å². The first kappa shape index (κ1) is 30.4. The van der Waals surface area contributed by atoms with Crippen LogP contribution in [0.5, 0.6) is 0 Å². The van der Waals surface area contributed by atoms with E-state index >= 15 is 0 Å². The van der Waals surface area contributed by atoms with Crippen LogP contribution in [0.25, 0.3) is 0 Å². The lowest BCUT2D eigenvalue weighted by Gasteiger charge is -2.42. The van der Waals surface area contributed by atoms with Gasteiger partial charge in [-0.1, -0.05) is 45.0 Å². The molecule has 4 atom stereocenters. The summed E-state index contributed by atoms with van der Waals surface area (Å²) in [6.07, 6.45) is 5.93. The molecule has 3 aromatic rings. The van der Waals surface area contributed by atoms with Crippen LogP contribution in [0.1, 0.15) is 69.4 Å². The second-order valence-corrected chi connectivity index (χ2v) is 17.2. The van der Waals surface area contributed by atoms with Crippen LogP contribution >= 0.6 is 0 Å². The number of carbonyl (C=O) groups is 2. The summed E-state index contributed by atoms with van der Waals surface area (Å²) in [5, 5.41) is 13.3. The van der Waals surface area contributed by atoms with Gasteiger partial charge < -0.3 is 14.8 Å².